The summed E-state index contributed by atoms with van der Waals surface area (Å²) in [5, 5.41) is 9.31. The lowest BCUT2D eigenvalue weighted by molar-refractivity contribution is -0.159. The Kier molecular flexibility index (Phi) is 4.31. The Morgan fingerprint density at radius 2 is 2.06 bits per heavy atom. The predicted octanol–water partition coefficient (Wildman–Crippen LogP) is 2.41. The second-order valence-electron chi connectivity index (χ2n) is 5.73. The van der Waals surface area contributed by atoms with Crippen LogP contribution in [-0.4, -0.2) is 29.1 Å². The van der Waals surface area contributed by atoms with Crippen LogP contribution in [0, 0.1) is 5.41 Å². The number of aliphatic carboxylic acids is 1. The summed E-state index contributed by atoms with van der Waals surface area (Å²) in [7, 11) is 0. The van der Waals surface area contributed by atoms with Gasteiger partial charge in [0.2, 0.25) is 0 Å². The van der Waals surface area contributed by atoms with E-state index in [2.05, 4.69) is 0 Å². The largest absolute Gasteiger partial charge is 0.480 e. The summed E-state index contributed by atoms with van der Waals surface area (Å²) in [5.41, 5.74) is -1.49. The topological polar surface area (TPSA) is 63.6 Å². The highest BCUT2D eigenvalue weighted by molar-refractivity contribution is 6.03. The number of ether oxygens (including phenoxy) is 1. The van der Waals surface area contributed by atoms with Crippen molar-refractivity contribution in [1.82, 2.24) is 0 Å². The van der Waals surface area contributed by atoms with E-state index in [1.807, 2.05) is 20.8 Å². The summed E-state index contributed by atoms with van der Waals surface area (Å²) in [6.07, 6.45) is 2.76. The Morgan fingerprint density at radius 1 is 1.41 bits per heavy atom. The molecule has 0 aliphatic heterocycles. The molecule has 0 aromatic carbocycles. The number of hydrogen-bond donors (Lipinski definition) is 1. The molecule has 1 aliphatic carbocycles. The van der Waals surface area contributed by atoms with E-state index in [0.717, 1.165) is 12.8 Å². The van der Waals surface area contributed by atoms with E-state index in [4.69, 9.17) is 4.74 Å². The van der Waals surface area contributed by atoms with Gasteiger partial charge in [0.1, 0.15) is 11.2 Å². The van der Waals surface area contributed by atoms with Crippen molar-refractivity contribution >= 4 is 11.8 Å². The Bertz CT molecular complexity index is 303. The highest BCUT2D eigenvalue weighted by atomic mass is 16.5. The lowest BCUT2D eigenvalue weighted by Gasteiger charge is -2.32. The first-order valence-electron chi connectivity index (χ1n) is 6.19. The molecule has 4 nitrogen and oxygen atoms in total. The standard InChI is InChI=1S/C13H22O4/c1-12(2,3)17-9-8-13(11(15)16)7-5-4-6-10(13)14/h4-9H2,1-3H3,(H,15,16). The fourth-order valence-electron chi connectivity index (χ4n) is 2.22. The smallest absolute Gasteiger partial charge is 0.317 e. The predicted molar refractivity (Wildman–Crippen MR) is 63.9 cm³/mol. The van der Waals surface area contributed by atoms with Crippen molar-refractivity contribution in [3.05, 3.63) is 0 Å². The summed E-state index contributed by atoms with van der Waals surface area (Å²) in [5.74, 6) is -1.12. The summed E-state index contributed by atoms with van der Waals surface area (Å²) in [4.78, 5) is 23.2. The fourth-order valence-corrected chi connectivity index (χ4v) is 2.22. The highest BCUT2D eigenvalue weighted by Gasteiger charge is 2.46. The molecular formula is C13H22O4. The van der Waals surface area contributed by atoms with Gasteiger partial charge in [0, 0.05) is 13.0 Å². The number of rotatable bonds is 4. The molecule has 1 atom stereocenters. The van der Waals surface area contributed by atoms with Crippen molar-refractivity contribution in [1.29, 1.82) is 0 Å². The molecule has 0 heterocycles. The molecule has 4 heteroatoms. The van der Waals surface area contributed by atoms with E-state index < -0.39 is 11.4 Å². The average Bonchev–Trinajstić information content (AvgIpc) is 2.18. The van der Waals surface area contributed by atoms with Crippen LogP contribution in [0.3, 0.4) is 0 Å². The summed E-state index contributed by atoms with van der Waals surface area (Å²) < 4.78 is 5.54. The summed E-state index contributed by atoms with van der Waals surface area (Å²) >= 11 is 0. The van der Waals surface area contributed by atoms with Crippen molar-refractivity contribution < 1.29 is 19.4 Å². The first kappa shape index (κ1) is 14.2. The minimum atomic E-state index is -1.19. The van der Waals surface area contributed by atoms with Crippen LogP contribution in [-0.2, 0) is 14.3 Å². The van der Waals surface area contributed by atoms with Crippen molar-refractivity contribution in [3.8, 4) is 0 Å². The number of Topliss-reactive ketones (excluding diaryl/α,β-unsaturated/α-hetero) is 1. The molecule has 0 bridgehead atoms. The first-order valence-corrected chi connectivity index (χ1v) is 6.19. The van der Waals surface area contributed by atoms with Gasteiger partial charge in [-0.25, -0.2) is 0 Å². The van der Waals surface area contributed by atoms with Crippen LogP contribution in [0.1, 0.15) is 52.9 Å². The molecule has 1 N–H and O–H groups in total. The molecule has 1 saturated carbocycles. The second-order valence-corrected chi connectivity index (χ2v) is 5.73. The number of carbonyl (C=O) groups excluding carboxylic acids is 1. The van der Waals surface area contributed by atoms with Gasteiger partial charge in [-0.2, -0.15) is 0 Å². The van der Waals surface area contributed by atoms with Crippen molar-refractivity contribution in [2.75, 3.05) is 6.61 Å². The maximum Gasteiger partial charge on any atom is 0.317 e. The Balaban J connectivity index is 2.66. The van der Waals surface area contributed by atoms with E-state index in [1.54, 1.807) is 0 Å². The number of carbonyl (C=O) groups is 2. The molecule has 1 aliphatic rings. The van der Waals surface area contributed by atoms with E-state index in [0.29, 0.717) is 25.9 Å². The van der Waals surface area contributed by atoms with Gasteiger partial charge in [0.25, 0.3) is 0 Å². The van der Waals surface area contributed by atoms with E-state index in [9.17, 15) is 14.7 Å². The highest BCUT2D eigenvalue weighted by Crippen LogP contribution is 2.37. The third kappa shape index (κ3) is 3.53. The van der Waals surface area contributed by atoms with Gasteiger partial charge in [-0.1, -0.05) is 6.42 Å². The van der Waals surface area contributed by atoms with Gasteiger partial charge >= 0.3 is 5.97 Å². The lowest BCUT2D eigenvalue weighted by atomic mass is 9.71. The third-order valence-electron chi connectivity index (χ3n) is 3.26. The van der Waals surface area contributed by atoms with E-state index >= 15 is 0 Å². The zero-order chi connectivity index (χ0) is 13.1. The zero-order valence-corrected chi connectivity index (χ0v) is 10.9. The molecule has 0 saturated heterocycles. The fraction of sp³-hybridized carbons (Fsp3) is 0.846. The molecule has 0 aromatic rings. The average molecular weight is 242 g/mol. The van der Waals surface area contributed by atoms with Crippen LogP contribution >= 0.6 is 0 Å². The molecular weight excluding hydrogens is 220 g/mol. The van der Waals surface area contributed by atoms with Crippen LogP contribution in [0.5, 0.6) is 0 Å². The van der Waals surface area contributed by atoms with Gasteiger partial charge in [0.05, 0.1) is 5.60 Å². The van der Waals surface area contributed by atoms with Gasteiger partial charge < -0.3 is 9.84 Å². The molecule has 1 unspecified atom stereocenters. The van der Waals surface area contributed by atoms with Gasteiger partial charge in [-0.15, -0.1) is 0 Å². The maximum absolute atomic E-state index is 11.9. The quantitative estimate of drug-likeness (QED) is 0.769. The lowest BCUT2D eigenvalue weighted by Crippen LogP contribution is -2.43. The van der Waals surface area contributed by atoms with E-state index in [1.165, 1.54) is 0 Å². The molecule has 0 amide bonds. The first-order chi connectivity index (χ1) is 7.78. The van der Waals surface area contributed by atoms with E-state index in [-0.39, 0.29) is 11.4 Å². The van der Waals surface area contributed by atoms with Crippen LogP contribution in [0.15, 0.2) is 0 Å². The van der Waals surface area contributed by atoms with Gasteiger partial charge in [-0.3, -0.25) is 9.59 Å². The second kappa shape index (κ2) is 5.17. The molecule has 17 heavy (non-hydrogen) atoms. The number of hydrogen-bond acceptors (Lipinski definition) is 3. The molecule has 0 aromatic heterocycles. The van der Waals surface area contributed by atoms with Gasteiger partial charge in [0.15, 0.2) is 0 Å². The summed E-state index contributed by atoms with van der Waals surface area (Å²) in [6.45, 7) is 6.08. The molecule has 1 fully saturated rings. The van der Waals surface area contributed by atoms with Crippen molar-refractivity contribution in [3.63, 3.8) is 0 Å². The number of carboxylic acid groups (broad SMARTS) is 1. The molecule has 1 rings (SSSR count). The zero-order valence-electron chi connectivity index (χ0n) is 10.9. The normalized spacial score (nSPS) is 25.9. The minimum Gasteiger partial charge on any atom is -0.480 e. The summed E-state index contributed by atoms with van der Waals surface area (Å²) in [6, 6.07) is 0. The minimum absolute atomic E-state index is 0.131. The van der Waals surface area contributed by atoms with Crippen LogP contribution in [0.4, 0.5) is 0 Å². The van der Waals surface area contributed by atoms with Crippen LogP contribution in [0.25, 0.3) is 0 Å². The van der Waals surface area contributed by atoms with Crippen molar-refractivity contribution in [2.24, 2.45) is 5.41 Å². The SMILES string of the molecule is CC(C)(C)OCCC1(C(=O)O)CCCCC1=O. The Labute approximate surface area is 102 Å². The third-order valence-corrected chi connectivity index (χ3v) is 3.26. The number of ketones is 1. The van der Waals surface area contributed by atoms with Crippen molar-refractivity contribution in [2.45, 2.75) is 58.5 Å². The number of carboxylic acids is 1. The maximum atomic E-state index is 11.9. The Hall–Kier alpha value is -0.900. The molecule has 0 spiro atoms. The van der Waals surface area contributed by atoms with Crippen LogP contribution < -0.4 is 0 Å². The Morgan fingerprint density at radius 3 is 2.53 bits per heavy atom. The van der Waals surface area contributed by atoms with Gasteiger partial charge in [-0.05, 0) is 40.0 Å². The van der Waals surface area contributed by atoms with Crippen LogP contribution in [0.2, 0.25) is 0 Å². The molecule has 98 valence electrons. The monoisotopic (exact) mass is 242 g/mol. The molecule has 0 radical (unpaired) electrons.